The molecule has 0 radical (unpaired) electrons. The molecule has 0 atom stereocenters. The number of hydrogen-bond acceptors (Lipinski definition) is 2. The molecule has 0 aromatic heterocycles. The van der Waals surface area contributed by atoms with Crippen molar-refractivity contribution in [3.63, 3.8) is 0 Å². The van der Waals surface area contributed by atoms with E-state index < -0.39 is 13.8 Å². The minimum Gasteiger partial charge on any atom is -1.00 e. The fraction of sp³-hybridized carbons (Fsp3) is 0.500. The Labute approximate surface area is 129 Å². The molecule has 0 saturated heterocycles. The predicted molar refractivity (Wildman–Crippen MR) is 43.5 cm³/mol. The number of carboxylic acids is 1. The van der Waals surface area contributed by atoms with Gasteiger partial charge in [-0.05, 0) is 0 Å². The number of rotatable bonds is 0. The SMILES string of the molecule is CC(=O)O.O=P(O)(O)O.[Ca+2].[Ca+2].[H-].[H-].[H-].[H-]. The average molecular weight is 242 g/mol. The monoisotopic (exact) mass is 242 g/mol. The van der Waals surface area contributed by atoms with Gasteiger partial charge in [0.2, 0.25) is 0 Å². The van der Waals surface area contributed by atoms with Crippen LogP contribution in [0.4, 0.5) is 0 Å². The van der Waals surface area contributed by atoms with Crippen molar-refractivity contribution in [2.45, 2.75) is 6.92 Å². The van der Waals surface area contributed by atoms with Gasteiger partial charge in [-0.2, -0.15) is 0 Å². The van der Waals surface area contributed by atoms with Crippen molar-refractivity contribution in [2.75, 3.05) is 0 Å². The maximum Gasteiger partial charge on any atom is 2.00 e. The molecule has 0 spiro atoms. The summed E-state index contributed by atoms with van der Waals surface area (Å²) >= 11 is 0. The van der Waals surface area contributed by atoms with Crippen LogP contribution in [0.25, 0.3) is 0 Å². The van der Waals surface area contributed by atoms with E-state index in [4.69, 9.17) is 29.1 Å². The van der Waals surface area contributed by atoms with Crippen molar-refractivity contribution < 1.29 is 34.9 Å². The topological polar surface area (TPSA) is 115 Å². The zero-order valence-corrected chi connectivity index (χ0v) is 11.3. The summed E-state index contributed by atoms with van der Waals surface area (Å²) in [6, 6.07) is 0. The molecule has 0 bridgehead atoms. The maximum atomic E-state index is 9.00. The molecule has 64 valence electrons. The molecule has 9 heteroatoms. The first kappa shape index (κ1) is 23.2. The van der Waals surface area contributed by atoms with Crippen LogP contribution in [-0.2, 0) is 9.36 Å². The van der Waals surface area contributed by atoms with Gasteiger partial charge in [-0.15, -0.1) is 0 Å². The van der Waals surface area contributed by atoms with Crippen molar-refractivity contribution in [2.24, 2.45) is 0 Å². The quantitative estimate of drug-likeness (QED) is 0.315. The molecule has 0 fully saturated rings. The number of carboxylic acid groups (broad SMARTS) is 1. The smallest absolute Gasteiger partial charge is 1.00 e. The number of phosphoric acid groups is 1. The van der Waals surface area contributed by atoms with E-state index in [1.807, 2.05) is 0 Å². The third-order valence-electron chi connectivity index (χ3n) is 0. The van der Waals surface area contributed by atoms with Gasteiger partial charge < -0.3 is 25.5 Å². The van der Waals surface area contributed by atoms with Gasteiger partial charge in [0, 0.05) is 6.92 Å². The predicted octanol–water partition coefficient (Wildman–Crippen LogP) is -1.15. The number of aliphatic carboxylic acids is 1. The molecule has 0 rings (SSSR count). The summed E-state index contributed by atoms with van der Waals surface area (Å²) in [5, 5.41) is 7.42. The van der Waals surface area contributed by atoms with Gasteiger partial charge in [0.05, 0.1) is 0 Å². The van der Waals surface area contributed by atoms with Crippen molar-refractivity contribution in [1.29, 1.82) is 0 Å². The Morgan fingerprint density at radius 3 is 1.27 bits per heavy atom. The van der Waals surface area contributed by atoms with Crippen LogP contribution >= 0.6 is 7.82 Å². The Hall–Kier alpha value is 2.10. The Morgan fingerprint density at radius 1 is 1.27 bits per heavy atom. The molecular weight excluding hydrogens is 231 g/mol. The van der Waals surface area contributed by atoms with Crippen molar-refractivity contribution in [3.05, 3.63) is 0 Å². The van der Waals surface area contributed by atoms with Gasteiger partial charge in [-0.1, -0.05) is 0 Å². The van der Waals surface area contributed by atoms with Crippen LogP contribution in [0.3, 0.4) is 0 Å². The summed E-state index contributed by atoms with van der Waals surface area (Å²) < 4.78 is 8.88. The Morgan fingerprint density at radius 2 is 1.27 bits per heavy atom. The van der Waals surface area contributed by atoms with E-state index in [2.05, 4.69) is 0 Å². The zero-order chi connectivity index (χ0) is 8.08. The summed E-state index contributed by atoms with van der Waals surface area (Å²) in [5.74, 6) is -0.833. The summed E-state index contributed by atoms with van der Waals surface area (Å²) in [4.78, 5) is 30.6. The van der Waals surface area contributed by atoms with E-state index in [9.17, 15) is 0 Å². The van der Waals surface area contributed by atoms with Gasteiger partial charge in [0.15, 0.2) is 0 Å². The molecule has 0 heterocycles. The van der Waals surface area contributed by atoms with Crippen LogP contribution in [0.15, 0.2) is 0 Å². The second-order valence-corrected chi connectivity index (χ2v) is 2.06. The van der Waals surface area contributed by atoms with Crippen LogP contribution < -0.4 is 0 Å². The summed E-state index contributed by atoms with van der Waals surface area (Å²) in [5.41, 5.74) is 0. The third-order valence-corrected chi connectivity index (χ3v) is 0. The van der Waals surface area contributed by atoms with E-state index in [-0.39, 0.29) is 81.2 Å². The van der Waals surface area contributed by atoms with Crippen molar-refractivity contribution in [1.82, 2.24) is 0 Å². The first-order chi connectivity index (χ1) is 3.73. The molecule has 0 unspecified atom stereocenters. The van der Waals surface area contributed by atoms with E-state index >= 15 is 0 Å². The molecule has 6 nitrogen and oxygen atoms in total. The minimum absolute atomic E-state index is 0. The van der Waals surface area contributed by atoms with E-state index in [0.29, 0.717) is 0 Å². The molecular formula is C2H11Ca2O6P. The van der Waals surface area contributed by atoms with Gasteiger partial charge >= 0.3 is 83.3 Å². The molecule has 0 saturated carbocycles. The first-order valence-corrected chi connectivity index (χ1v) is 3.28. The molecule has 4 N–H and O–H groups in total. The summed E-state index contributed by atoms with van der Waals surface area (Å²) in [7, 11) is -4.64. The molecule has 0 aliphatic rings. The zero-order valence-electron chi connectivity index (χ0n) is 9.97. The van der Waals surface area contributed by atoms with Crippen LogP contribution in [0.5, 0.6) is 0 Å². The van der Waals surface area contributed by atoms with Crippen LogP contribution in [0, 0.1) is 0 Å². The molecule has 0 aromatic carbocycles. The number of hydrogen-bond donors (Lipinski definition) is 4. The molecule has 11 heavy (non-hydrogen) atoms. The van der Waals surface area contributed by atoms with Crippen molar-refractivity contribution in [3.8, 4) is 0 Å². The van der Waals surface area contributed by atoms with Gasteiger partial charge in [0.1, 0.15) is 0 Å². The summed E-state index contributed by atoms with van der Waals surface area (Å²) in [6.07, 6.45) is 0. The second kappa shape index (κ2) is 12.1. The van der Waals surface area contributed by atoms with E-state index in [1.165, 1.54) is 0 Å². The largest absolute Gasteiger partial charge is 2.00 e. The normalized spacial score (nSPS) is 7.64. The molecule has 0 aliphatic carbocycles. The second-order valence-electron chi connectivity index (χ2n) is 1.03. The minimum atomic E-state index is -4.64. The van der Waals surface area contributed by atoms with Crippen LogP contribution in [-0.4, -0.2) is 101 Å². The van der Waals surface area contributed by atoms with Crippen molar-refractivity contribution >= 4 is 89.3 Å². The van der Waals surface area contributed by atoms with Gasteiger partial charge in [0.25, 0.3) is 5.97 Å². The van der Waals surface area contributed by atoms with E-state index in [1.54, 1.807) is 0 Å². The molecule has 0 amide bonds. The van der Waals surface area contributed by atoms with Gasteiger partial charge in [-0.25, -0.2) is 4.57 Å². The summed E-state index contributed by atoms with van der Waals surface area (Å²) in [6.45, 7) is 1.08. The maximum absolute atomic E-state index is 9.00. The first-order valence-electron chi connectivity index (χ1n) is 1.71. The van der Waals surface area contributed by atoms with Crippen LogP contribution in [0.2, 0.25) is 0 Å². The fourth-order valence-corrected chi connectivity index (χ4v) is 0. The van der Waals surface area contributed by atoms with Gasteiger partial charge in [-0.3, -0.25) is 4.79 Å². The average Bonchev–Trinajstić information content (AvgIpc) is 1.19. The van der Waals surface area contributed by atoms with Crippen LogP contribution in [0.1, 0.15) is 12.6 Å². The Kier molecular flexibility index (Phi) is 25.5. The Bertz CT molecular complexity index is 131. The third kappa shape index (κ3) is 280. The standard InChI is InChI=1S/C2H4O2.2Ca.H3O4P.4H/c1-2(3)4;;;1-5(2,3)4;;;;/h1H3,(H,3,4);;;(H3,1,2,3,4);;;;/q;2*+2;;4*-1. The van der Waals surface area contributed by atoms with E-state index in [0.717, 1.165) is 6.92 Å². The molecule has 0 aliphatic heterocycles. The fourth-order valence-electron chi connectivity index (χ4n) is 0. The Balaban J connectivity index is -0.00000000785. The molecule has 0 aromatic rings. The number of carbonyl (C=O) groups is 1.